The lowest BCUT2D eigenvalue weighted by molar-refractivity contribution is -0.120. The molecule has 2 rings (SSSR count). The molecule has 0 radical (unpaired) electrons. The van der Waals surface area contributed by atoms with E-state index in [9.17, 15) is 9.59 Å². The molecule has 2 amide bonds. The first-order valence-corrected chi connectivity index (χ1v) is 9.74. The van der Waals surface area contributed by atoms with E-state index in [1.807, 2.05) is 17.5 Å². The first-order chi connectivity index (χ1) is 12.6. The number of amides is 2. The molecule has 0 saturated carbocycles. The molecule has 2 N–H and O–H groups in total. The molecule has 26 heavy (non-hydrogen) atoms. The van der Waals surface area contributed by atoms with E-state index < -0.39 is 0 Å². The molecule has 9 heteroatoms. The molecule has 140 valence electrons. The minimum absolute atomic E-state index is 0.0975. The summed E-state index contributed by atoms with van der Waals surface area (Å²) in [5.41, 5.74) is 1.38. The van der Waals surface area contributed by atoms with Crippen LogP contribution in [0.2, 0.25) is 0 Å². The molecular formula is C17H21N3O4S2. The van der Waals surface area contributed by atoms with E-state index in [2.05, 4.69) is 15.6 Å². The number of anilines is 1. The van der Waals surface area contributed by atoms with Crippen molar-refractivity contribution in [2.45, 2.75) is 10.8 Å². The number of aromatic nitrogens is 1. The molecule has 0 aliphatic heterocycles. The number of ether oxygens (including phenoxy) is 2. The Labute approximate surface area is 160 Å². The van der Waals surface area contributed by atoms with E-state index >= 15 is 0 Å². The summed E-state index contributed by atoms with van der Waals surface area (Å²) in [5.74, 6) is 0.699. The van der Waals surface area contributed by atoms with Gasteiger partial charge in [-0.1, -0.05) is 17.8 Å². The van der Waals surface area contributed by atoms with Gasteiger partial charge in [0.05, 0.1) is 31.6 Å². The Hall–Kier alpha value is -2.10. The van der Waals surface area contributed by atoms with Crippen LogP contribution in [0.25, 0.3) is 0 Å². The Morgan fingerprint density at radius 3 is 2.88 bits per heavy atom. The maximum Gasteiger partial charge on any atom is 0.234 e. The monoisotopic (exact) mass is 395 g/mol. The SMILES string of the molecule is COCCNC(=O)Cc1csc(SCC(=O)Nc2cccc(OC)c2)n1. The van der Waals surface area contributed by atoms with Crippen LogP contribution in [0.15, 0.2) is 34.0 Å². The van der Waals surface area contributed by atoms with Crippen LogP contribution in [0.1, 0.15) is 5.69 Å². The molecule has 1 aromatic carbocycles. The molecule has 0 aliphatic carbocycles. The van der Waals surface area contributed by atoms with Gasteiger partial charge in [0, 0.05) is 30.8 Å². The summed E-state index contributed by atoms with van der Waals surface area (Å²) in [6.07, 6.45) is 0.219. The highest BCUT2D eigenvalue weighted by Crippen LogP contribution is 2.23. The molecule has 1 heterocycles. The van der Waals surface area contributed by atoms with Gasteiger partial charge in [0.25, 0.3) is 0 Å². The van der Waals surface area contributed by atoms with Crippen molar-refractivity contribution >= 4 is 40.6 Å². The zero-order chi connectivity index (χ0) is 18.8. The predicted octanol–water partition coefficient (Wildman–Crippen LogP) is 2.19. The largest absolute Gasteiger partial charge is 0.497 e. The van der Waals surface area contributed by atoms with E-state index in [0.29, 0.717) is 30.3 Å². The Balaban J connectivity index is 1.76. The lowest BCUT2D eigenvalue weighted by Gasteiger charge is -2.06. The van der Waals surface area contributed by atoms with Crippen LogP contribution < -0.4 is 15.4 Å². The predicted molar refractivity (Wildman–Crippen MR) is 103 cm³/mol. The molecule has 0 bridgehead atoms. The molecule has 7 nitrogen and oxygen atoms in total. The van der Waals surface area contributed by atoms with Gasteiger partial charge in [0.2, 0.25) is 11.8 Å². The van der Waals surface area contributed by atoms with E-state index in [1.54, 1.807) is 26.4 Å². The molecule has 2 aromatic rings. The zero-order valence-corrected chi connectivity index (χ0v) is 16.2. The van der Waals surface area contributed by atoms with Gasteiger partial charge in [-0.25, -0.2) is 4.98 Å². The van der Waals surface area contributed by atoms with Gasteiger partial charge in [0.1, 0.15) is 5.75 Å². The first-order valence-electron chi connectivity index (χ1n) is 7.87. The number of rotatable bonds is 10. The normalized spacial score (nSPS) is 10.4. The highest BCUT2D eigenvalue weighted by Gasteiger charge is 2.10. The van der Waals surface area contributed by atoms with Gasteiger partial charge >= 0.3 is 0 Å². The number of hydrogen-bond donors (Lipinski definition) is 2. The van der Waals surface area contributed by atoms with Crippen LogP contribution in [0.5, 0.6) is 5.75 Å². The average molecular weight is 396 g/mol. The minimum Gasteiger partial charge on any atom is -0.497 e. The third kappa shape index (κ3) is 7.03. The smallest absolute Gasteiger partial charge is 0.234 e. The number of thioether (sulfide) groups is 1. The molecule has 0 fully saturated rings. The van der Waals surface area contributed by atoms with E-state index in [1.165, 1.54) is 23.1 Å². The van der Waals surface area contributed by atoms with E-state index in [4.69, 9.17) is 9.47 Å². The van der Waals surface area contributed by atoms with E-state index in [-0.39, 0.29) is 24.0 Å². The standard InChI is InChI=1S/C17H21N3O4S2/c1-23-7-6-18-15(21)9-13-10-25-17(20-13)26-11-16(22)19-12-4-3-5-14(8-12)24-2/h3-5,8,10H,6-7,9,11H2,1-2H3,(H,18,21)(H,19,22). The summed E-state index contributed by atoms with van der Waals surface area (Å²) in [4.78, 5) is 28.2. The topological polar surface area (TPSA) is 89.5 Å². The number of methoxy groups -OCH3 is 2. The van der Waals surface area contributed by atoms with Crippen molar-refractivity contribution in [1.29, 1.82) is 0 Å². The summed E-state index contributed by atoms with van der Waals surface area (Å²) >= 11 is 2.76. The second kappa shape index (κ2) is 10.8. The van der Waals surface area contributed by atoms with Crippen molar-refractivity contribution in [3.05, 3.63) is 35.3 Å². The van der Waals surface area contributed by atoms with Crippen molar-refractivity contribution in [2.24, 2.45) is 0 Å². The molecular weight excluding hydrogens is 374 g/mol. The summed E-state index contributed by atoms with van der Waals surface area (Å²) in [6, 6.07) is 7.18. The summed E-state index contributed by atoms with van der Waals surface area (Å²) < 4.78 is 10.8. The van der Waals surface area contributed by atoms with Crippen molar-refractivity contribution in [2.75, 3.05) is 38.4 Å². The number of carbonyl (C=O) groups is 2. The van der Waals surface area contributed by atoms with Gasteiger partial charge in [-0.2, -0.15) is 0 Å². The quantitative estimate of drug-likeness (QED) is 0.473. The lowest BCUT2D eigenvalue weighted by atomic mass is 10.3. The van der Waals surface area contributed by atoms with Crippen LogP contribution in [-0.2, 0) is 20.7 Å². The Morgan fingerprint density at radius 1 is 1.27 bits per heavy atom. The molecule has 0 atom stereocenters. The van der Waals surface area contributed by atoms with Crippen molar-refractivity contribution in [1.82, 2.24) is 10.3 Å². The second-order valence-corrected chi connectivity index (χ2v) is 7.27. The van der Waals surface area contributed by atoms with Gasteiger partial charge in [-0.15, -0.1) is 11.3 Å². The highest BCUT2D eigenvalue weighted by atomic mass is 32.2. The van der Waals surface area contributed by atoms with Crippen molar-refractivity contribution < 1.29 is 19.1 Å². The highest BCUT2D eigenvalue weighted by molar-refractivity contribution is 8.01. The van der Waals surface area contributed by atoms with Crippen LogP contribution in [0.4, 0.5) is 5.69 Å². The van der Waals surface area contributed by atoms with Crippen molar-refractivity contribution in [3.8, 4) is 5.75 Å². The van der Waals surface area contributed by atoms with Gasteiger partial charge in [0.15, 0.2) is 4.34 Å². The minimum atomic E-state index is -0.127. The summed E-state index contributed by atoms with van der Waals surface area (Å²) in [5, 5.41) is 7.39. The van der Waals surface area contributed by atoms with Gasteiger partial charge < -0.3 is 20.1 Å². The fourth-order valence-electron chi connectivity index (χ4n) is 1.98. The Bertz CT molecular complexity index is 736. The van der Waals surface area contributed by atoms with Crippen LogP contribution in [0.3, 0.4) is 0 Å². The zero-order valence-electron chi connectivity index (χ0n) is 14.6. The number of carbonyl (C=O) groups excluding carboxylic acids is 2. The maximum atomic E-state index is 12.0. The lowest BCUT2D eigenvalue weighted by Crippen LogP contribution is -2.28. The third-order valence-corrected chi connectivity index (χ3v) is 5.25. The number of nitrogens with zero attached hydrogens (tertiary/aromatic N) is 1. The molecule has 0 aliphatic rings. The fourth-order valence-corrected chi connectivity index (χ4v) is 3.63. The molecule has 0 unspecified atom stereocenters. The first kappa shape index (κ1) is 20.2. The number of nitrogens with one attached hydrogen (secondary N) is 2. The van der Waals surface area contributed by atoms with Gasteiger partial charge in [-0.3, -0.25) is 9.59 Å². The van der Waals surface area contributed by atoms with E-state index in [0.717, 1.165) is 4.34 Å². The second-order valence-electron chi connectivity index (χ2n) is 5.19. The number of benzene rings is 1. The van der Waals surface area contributed by atoms with Crippen LogP contribution in [0, 0.1) is 0 Å². The van der Waals surface area contributed by atoms with Crippen LogP contribution >= 0.6 is 23.1 Å². The van der Waals surface area contributed by atoms with Gasteiger partial charge in [-0.05, 0) is 12.1 Å². The molecule has 0 spiro atoms. The maximum absolute atomic E-state index is 12.0. The Morgan fingerprint density at radius 2 is 2.12 bits per heavy atom. The molecule has 1 aromatic heterocycles. The van der Waals surface area contributed by atoms with Crippen molar-refractivity contribution in [3.63, 3.8) is 0 Å². The Kier molecular flexibility index (Phi) is 8.39. The third-order valence-electron chi connectivity index (χ3n) is 3.18. The fraction of sp³-hybridized carbons (Fsp3) is 0.353. The number of thiazole rings is 1. The van der Waals surface area contributed by atoms with Crippen LogP contribution in [-0.4, -0.2) is 49.9 Å². The summed E-state index contributed by atoms with van der Waals surface area (Å²) in [6.45, 7) is 0.956. The molecule has 0 saturated heterocycles. The average Bonchev–Trinajstić information content (AvgIpc) is 3.07. The number of hydrogen-bond acceptors (Lipinski definition) is 7. The summed E-state index contributed by atoms with van der Waals surface area (Å²) in [7, 11) is 3.16.